The van der Waals surface area contributed by atoms with E-state index in [4.69, 9.17) is 9.47 Å². The first-order valence-electron chi connectivity index (χ1n) is 10.2. The van der Waals surface area contributed by atoms with E-state index in [0.717, 1.165) is 5.56 Å². The summed E-state index contributed by atoms with van der Waals surface area (Å²) in [5, 5.41) is 10.2. The molecule has 0 spiro atoms. The van der Waals surface area contributed by atoms with Crippen LogP contribution in [0.4, 0.5) is 0 Å². The van der Waals surface area contributed by atoms with Crippen LogP contribution in [0.1, 0.15) is 64.9 Å². The lowest BCUT2D eigenvalue weighted by Gasteiger charge is -2.43. The minimum atomic E-state index is -0.528. The molecule has 1 N–H and O–H groups in total. The van der Waals surface area contributed by atoms with E-state index < -0.39 is 5.92 Å². The summed E-state index contributed by atoms with van der Waals surface area (Å²) in [5.41, 5.74) is 1.46. The number of benzene rings is 1. The third-order valence-corrected chi connectivity index (χ3v) is 6.88. The van der Waals surface area contributed by atoms with Crippen molar-refractivity contribution < 1.29 is 24.2 Å². The van der Waals surface area contributed by atoms with Gasteiger partial charge in [0.2, 0.25) is 0 Å². The molecule has 3 aliphatic rings. The van der Waals surface area contributed by atoms with Crippen LogP contribution in [0.5, 0.6) is 11.5 Å². The number of aromatic hydroxyl groups is 1. The van der Waals surface area contributed by atoms with Crippen LogP contribution in [-0.4, -0.2) is 23.8 Å². The summed E-state index contributed by atoms with van der Waals surface area (Å²) in [6, 6.07) is 3.27. The highest BCUT2D eigenvalue weighted by Crippen LogP contribution is 2.54. The van der Waals surface area contributed by atoms with Crippen LogP contribution in [0.15, 0.2) is 39.3 Å². The van der Waals surface area contributed by atoms with Crippen molar-refractivity contribution in [2.45, 2.75) is 59.3 Å². The highest BCUT2D eigenvalue weighted by atomic mass is 79.9. The monoisotopic (exact) mass is 474 g/mol. The van der Waals surface area contributed by atoms with E-state index in [0.29, 0.717) is 58.6 Å². The maximum atomic E-state index is 13.3. The molecule has 6 heteroatoms. The van der Waals surface area contributed by atoms with Crippen molar-refractivity contribution in [3.8, 4) is 11.5 Å². The summed E-state index contributed by atoms with van der Waals surface area (Å²) in [5.74, 6) is 1.13. The van der Waals surface area contributed by atoms with E-state index in [9.17, 15) is 14.7 Å². The van der Waals surface area contributed by atoms with Gasteiger partial charge in [-0.2, -0.15) is 0 Å². The largest absolute Gasteiger partial charge is 0.504 e. The Balaban J connectivity index is 1.97. The molecule has 0 radical (unpaired) electrons. The lowest BCUT2D eigenvalue weighted by molar-refractivity contribution is -0.120. The fourth-order valence-electron chi connectivity index (χ4n) is 4.93. The number of Topliss-reactive ketones (excluding diaryl/α,β-unsaturated/α-hetero) is 2. The van der Waals surface area contributed by atoms with E-state index in [1.54, 1.807) is 12.1 Å². The lowest BCUT2D eigenvalue weighted by Crippen LogP contribution is -2.37. The summed E-state index contributed by atoms with van der Waals surface area (Å²) in [6.45, 7) is 8.25. The maximum absolute atomic E-state index is 13.3. The van der Waals surface area contributed by atoms with Crippen LogP contribution in [0, 0.1) is 10.8 Å². The molecule has 2 aliphatic carbocycles. The SMILES string of the molecule is COc1cc(C2C3=C(CC(C)(C)CC3=O)OC3=C2C(=O)CC(C)(C)C3)c(Br)cc1O. The molecule has 0 bridgehead atoms. The Bertz CT molecular complexity index is 976. The van der Waals surface area contributed by atoms with Crippen molar-refractivity contribution in [2.24, 2.45) is 10.8 Å². The smallest absolute Gasteiger partial charge is 0.163 e. The highest BCUT2D eigenvalue weighted by molar-refractivity contribution is 9.10. The third kappa shape index (κ3) is 3.49. The average molecular weight is 475 g/mol. The summed E-state index contributed by atoms with van der Waals surface area (Å²) in [6.07, 6.45) is 2.09. The van der Waals surface area contributed by atoms with Gasteiger partial charge in [0, 0.05) is 47.2 Å². The third-order valence-electron chi connectivity index (χ3n) is 6.19. The van der Waals surface area contributed by atoms with Crippen molar-refractivity contribution in [1.29, 1.82) is 0 Å². The fourth-order valence-corrected chi connectivity index (χ4v) is 5.49. The molecular weight excluding hydrogens is 448 g/mol. The normalized spacial score (nSPS) is 23.1. The van der Waals surface area contributed by atoms with Gasteiger partial charge in [-0.1, -0.05) is 43.6 Å². The summed E-state index contributed by atoms with van der Waals surface area (Å²) in [7, 11) is 1.48. The van der Waals surface area contributed by atoms with Gasteiger partial charge in [-0.3, -0.25) is 9.59 Å². The van der Waals surface area contributed by atoms with Crippen molar-refractivity contribution in [3.05, 3.63) is 44.8 Å². The van der Waals surface area contributed by atoms with Crippen molar-refractivity contribution in [3.63, 3.8) is 0 Å². The van der Waals surface area contributed by atoms with Gasteiger partial charge < -0.3 is 14.6 Å². The number of hydrogen-bond acceptors (Lipinski definition) is 5. The number of methoxy groups -OCH3 is 1. The molecule has 1 aromatic rings. The van der Waals surface area contributed by atoms with Gasteiger partial charge in [-0.05, 0) is 28.5 Å². The van der Waals surface area contributed by atoms with Gasteiger partial charge in [0.15, 0.2) is 23.1 Å². The first-order valence-corrected chi connectivity index (χ1v) is 11.0. The first-order chi connectivity index (χ1) is 13.9. The number of ether oxygens (including phenoxy) is 2. The van der Waals surface area contributed by atoms with Gasteiger partial charge in [-0.15, -0.1) is 0 Å². The molecule has 0 aromatic heterocycles. The minimum Gasteiger partial charge on any atom is -0.504 e. The van der Waals surface area contributed by atoms with Crippen LogP contribution in [0.3, 0.4) is 0 Å². The topological polar surface area (TPSA) is 72.8 Å². The van der Waals surface area contributed by atoms with Gasteiger partial charge in [0.1, 0.15) is 11.5 Å². The zero-order valence-electron chi connectivity index (χ0n) is 18.0. The summed E-state index contributed by atoms with van der Waals surface area (Å²) < 4.78 is 12.2. The van der Waals surface area contributed by atoms with Gasteiger partial charge in [-0.25, -0.2) is 0 Å². The predicted octanol–water partition coefficient (Wildman–Crippen LogP) is 5.56. The Labute approximate surface area is 185 Å². The van der Waals surface area contributed by atoms with Crippen molar-refractivity contribution >= 4 is 27.5 Å². The number of halogens is 1. The molecule has 5 nitrogen and oxygen atoms in total. The standard InChI is InChI=1S/C24H27BrO5/c1-23(2)8-15(27)21-18(10-23)30-19-11-24(3,4)9-16(28)22(19)20(21)12-6-17(29-5)14(26)7-13(12)25/h6-7,20,26H,8-11H2,1-5H3. The molecule has 0 unspecified atom stereocenters. The van der Waals surface area contributed by atoms with Crippen LogP contribution in [0.25, 0.3) is 0 Å². The first kappa shape index (κ1) is 21.2. The van der Waals surface area contributed by atoms with Gasteiger partial charge in [0.25, 0.3) is 0 Å². The molecule has 160 valence electrons. The van der Waals surface area contributed by atoms with Crippen LogP contribution >= 0.6 is 15.9 Å². The number of carbonyl (C=O) groups excluding carboxylic acids is 2. The highest BCUT2D eigenvalue weighted by Gasteiger charge is 2.48. The molecule has 1 aliphatic heterocycles. The number of allylic oxidation sites excluding steroid dienone is 4. The molecule has 0 saturated heterocycles. The lowest BCUT2D eigenvalue weighted by atomic mass is 9.65. The van der Waals surface area contributed by atoms with Crippen LogP contribution in [0.2, 0.25) is 0 Å². The number of hydrogen-bond donors (Lipinski definition) is 1. The molecule has 4 rings (SSSR count). The van der Waals surface area contributed by atoms with E-state index in [1.807, 2.05) is 0 Å². The Hall–Kier alpha value is -2.08. The summed E-state index contributed by atoms with van der Waals surface area (Å²) in [4.78, 5) is 26.6. The molecule has 0 fully saturated rings. The molecule has 0 saturated carbocycles. The zero-order chi connectivity index (χ0) is 22.0. The Morgan fingerprint density at radius 3 is 1.93 bits per heavy atom. The predicted molar refractivity (Wildman–Crippen MR) is 116 cm³/mol. The van der Waals surface area contributed by atoms with E-state index >= 15 is 0 Å². The number of rotatable bonds is 2. The zero-order valence-corrected chi connectivity index (χ0v) is 19.6. The second kappa shape index (κ2) is 6.98. The number of ketones is 2. The molecule has 1 heterocycles. The second-order valence-corrected chi connectivity index (χ2v) is 11.0. The molecule has 0 amide bonds. The average Bonchev–Trinajstić information content (AvgIpc) is 2.58. The van der Waals surface area contributed by atoms with E-state index in [-0.39, 0.29) is 28.1 Å². The summed E-state index contributed by atoms with van der Waals surface area (Å²) >= 11 is 3.54. The van der Waals surface area contributed by atoms with Gasteiger partial charge in [0.05, 0.1) is 7.11 Å². The van der Waals surface area contributed by atoms with Crippen molar-refractivity contribution in [2.75, 3.05) is 7.11 Å². The van der Waals surface area contributed by atoms with Gasteiger partial charge >= 0.3 is 0 Å². The second-order valence-electron chi connectivity index (χ2n) is 10.1. The quantitative estimate of drug-likeness (QED) is 0.606. The molecule has 1 aromatic carbocycles. The van der Waals surface area contributed by atoms with Crippen LogP contribution < -0.4 is 4.74 Å². The van der Waals surface area contributed by atoms with E-state index in [2.05, 4.69) is 43.6 Å². The minimum absolute atomic E-state index is 0.00389. The number of carbonyl (C=O) groups is 2. The van der Waals surface area contributed by atoms with Crippen LogP contribution in [-0.2, 0) is 14.3 Å². The van der Waals surface area contributed by atoms with Crippen molar-refractivity contribution in [1.82, 2.24) is 0 Å². The van der Waals surface area contributed by atoms with E-state index in [1.165, 1.54) is 7.11 Å². The number of phenolic OH excluding ortho intramolecular Hbond substituents is 1. The Kier molecular flexibility index (Phi) is 4.92. The Morgan fingerprint density at radius 2 is 1.47 bits per heavy atom. The number of phenols is 1. The fraction of sp³-hybridized carbons (Fsp3) is 0.500. The maximum Gasteiger partial charge on any atom is 0.163 e. The Morgan fingerprint density at radius 1 is 0.967 bits per heavy atom. The molecule has 30 heavy (non-hydrogen) atoms. The molecule has 0 atom stereocenters. The molecular formula is C24H27BrO5.